The molecule has 0 aliphatic heterocycles. The quantitative estimate of drug-likeness (QED) is 0.743. The van der Waals surface area contributed by atoms with Crippen molar-refractivity contribution in [3.05, 3.63) is 51.2 Å². The standard InChI is InChI=1S/C19H24ClN3O2S/c1-12(2)15(21)8-9-23(3)19(25)13-6-7-14(20)16(11-13)22-18(24)17-5-4-10-26-17/h4-7,10-12,15H,8-9,21H2,1-3H3,(H,22,24). The van der Waals surface area contributed by atoms with Crippen LogP contribution in [-0.2, 0) is 0 Å². The Hall–Kier alpha value is -1.89. The van der Waals surface area contributed by atoms with Crippen molar-refractivity contribution in [2.24, 2.45) is 11.7 Å². The SMILES string of the molecule is CC(C)C(N)CCN(C)C(=O)c1ccc(Cl)c(NC(=O)c2cccs2)c1. The highest BCUT2D eigenvalue weighted by Crippen LogP contribution is 2.25. The van der Waals surface area contributed by atoms with Crippen molar-refractivity contribution >= 4 is 40.4 Å². The van der Waals surface area contributed by atoms with E-state index in [9.17, 15) is 9.59 Å². The second-order valence-corrected chi connectivity index (χ2v) is 7.90. The third kappa shape index (κ3) is 5.30. The fraction of sp³-hybridized carbons (Fsp3) is 0.368. The number of thiophene rings is 1. The summed E-state index contributed by atoms with van der Waals surface area (Å²) in [5, 5.41) is 4.97. The van der Waals surface area contributed by atoms with Gasteiger partial charge in [0, 0.05) is 25.2 Å². The molecule has 1 aromatic heterocycles. The smallest absolute Gasteiger partial charge is 0.265 e. The van der Waals surface area contributed by atoms with Gasteiger partial charge in [-0.05, 0) is 42.0 Å². The van der Waals surface area contributed by atoms with Gasteiger partial charge < -0.3 is 16.0 Å². The number of anilines is 1. The van der Waals surface area contributed by atoms with Crippen LogP contribution < -0.4 is 11.1 Å². The molecule has 2 aromatic rings. The fourth-order valence-corrected chi connectivity index (χ4v) is 3.13. The Labute approximate surface area is 163 Å². The highest BCUT2D eigenvalue weighted by Gasteiger charge is 2.17. The van der Waals surface area contributed by atoms with E-state index < -0.39 is 0 Å². The molecule has 0 aliphatic carbocycles. The molecule has 0 bridgehead atoms. The van der Waals surface area contributed by atoms with E-state index in [4.69, 9.17) is 17.3 Å². The predicted octanol–water partition coefficient (Wildman–Crippen LogP) is 4.10. The Bertz CT molecular complexity index is 762. The maximum atomic E-state index is 12.6. The summed E-state index contributed by atoms with van der Waals surface area (Å²) in [6.45, 7) is 4.69. The van der Waals surface area contributed by atoms with Crippen molar-refractivity contribution in [1.82, 2.24) is 4.90 Å². The Balaban J connectivity index is 2.07. The van der Waals surface area contributed by atoms with Gasteiger partial charge in [0.2, 0.25) is 0 Å². The second-order valence-electron chi connectivity index (χ2n) is 6.55. The zero-order valence-electron chi connectivity index (χ0n) is 15.2. The molecule has 0 spiro atoms. The van der Waals surface area contributed by atoms with E-state index >= 15 is 0 Å². The van der Waals surface area contributed by atoms with Crippen molar-refractivity contribution in [2.75, 3.05) is 18.9 Å². The summed E-state index contributed by atoms with van der Waals surface area (Å²) in [4.78, 5) is 27.1. The summed E-state index contributed by atoms with van der Waals surface area (Å²) < 4.78 is 0. The number of carbonyl (C=O) groups is 2. The van der Waals surface area contributed by atoms with Gasteiger partial charge in [-0.25, -0.2) is 0 Å². The number of nitrogens with one attached hydrogen (secondary N) is 1. The first kappa shape index (κ1) is 20.4. The minimum absolute atomic E-state index is 0.0520. The maximum absolute atomic E-state index is 12.6. The lowest BCUT2D eigenvalue weighted by molar-refractivity contribution is 0.0789. The zero-order chi connectivity index (χ0) is 19.3. The van der Waals surface area contributed by atoms with Gasteiger partial charge in [-0.1, -0.05) is 31.5 Å². The number of amides is 2. The minimum Gasteiger partial charge on any atom is -0.342 e. The van der Waals surface area contributed by atoms with Crippen LogP contribution in [0.2, 0.25) is 5.02 Å². The van der Waals surface area contributed by atoms with Crippen LogP contribution in [-0.4, -0.2) is 36.3 Å². The molecule has 1 aromatic carbocycles. The molecule has 1 unspecified atom stereocenters. The van der Waals surface area contributed by atoms with E-state index in [0.717, 1.165) is 6.42 Å². The van der Waals surface area contributed by atoms with E-state index in [0.29, 0.717) is 33.6 Å². The molecule has 1 heterocycles. The van der Waals surface area contributed by atoms with Crippen LogP contribution in [0.5, 0.6) is 0 Å². The first-order valence-corrected chi connectivity index (χ1v) is 9.70. The maximum Gasteiger partial charge on any atom is 0.265 e. The van der Waals surface area contributed by atoms with Crippen LogP contribution in [0.4, 0.5) is 5.69 Å². The lowest BCUT2D eigenvalue weighted by atomic mass is 10.0. The highest BCUT2D eigenvalue weighted by molar-refractivity contribution is 7.12. The molecular weight excluding hydrogens is 370 g/mol. The van der Waals surface area contributed by atoms with Crippen LogP contribution in [0.1, 0.15) is 40.3 Å². The van der Waals surface area contributed by atoms with Gasteiger partial charge in [0.25, 0.3) is 11.8 Å². The molecule has 7 heteroatoms. The van der Waals surface area contributed by atoms with E-state index in [2.05, 4.69) is 19.2 Å². The molecular formula is C19H24ClN3O2S. The van der Waals surface area contributed by atoms with Crippen molar-refractivity contribution < 1.29 is 9.59 Å². The number of hydrogen-bond acceptors (Lipinski definition) is 4. The topological polar surface area (TPSA) is 75.4 Å². The van der Waals surface area contributed by atoms with Gasteiger partial charge in [-0.3, -0.25) is 9.59 Å². The first-order chi connectivity index (χ1) is 12.3. The Morgan fingerprint density at radius 1 is 1.31 bits per heavy atom. The average Bonchev–Trinajstić information content (AvgIpc) is 3.15. The lowest BCUT2D eigenvalue weighted by Crippen LogP contribution is -2.34. The van der Waals surface area contributed by atoms with Gasteiger partial charge in [0.15, 0.2) is 0 Å². The third-order valence-electron chi connectivity index (χ3n) is 4.21. The highest BCUT2D eigenvalue weighted by atomic mass is 35.5. The molecule has 2 amide bonds. The van der Waals surface area contributed by atoms with Gasteiger partial charge in [0.05, 0.1) is 15.6 Å². The number of nitrogens with zero attached hydrogens (tertiary/aromatic N) is 1. The van der Waals surface area contributed by atoms with Crippen LogP contribution in [0, 0.1) is 5.92 Å². The largest absolute Gasteiger partial charge is 0.342 e. The van der Waals surface area contributed by atoms with Gasteiger partial charge in [-0.2, -0.15) is 0 Å². The van der Waals surface area contributed by atoms with Crippen LogP contribution >= 0.6 is 22.9 Å². The van der Waals surface area contributed by atoms with Crippen LogP contribution in [0.15, 0.2) is 35.7 Å². The Morgan fingerprint density at radius 3 is 2.65 bits per heavy atom. The zero-order valence-corrected chi connectivity index (χ0v) is 16.7. The van der Waals surface area contributed by atoms with Gasteiger partial charge >= 0.3 is 0 Å². The van der Waals surface area contributed by atoms with Crippen molar-refractivity contribution in [1.29, 1.82) is 0 Å². The van der Waals surface area contributed by atoms with E-state index in [1.54, 1.807) is 42.3 Å². The number of rotatable bonds is 7. The number of halogens is 1. The minimum atomic E-state index is -0.247. The third-order valence-corrected chi connectivity index (χ3v) is 5.41. The van der Waals surface area contributed by atoms with E-state index in [1.165, 1.54) is 11.3 Å². The van der Waals surface area contributed by atoms with Crippen LogP contribution in [0.3, 0.4) is 0 Å². The van der Waals surface area contributed by atoms with Crippen molar-refractivity contribution in [3.63, 3.8) is 0 Å². The molecule has 26 heavy (non-hydrogen) atoms. The molecule has 2 rings (SSSR count). The second kappa shape index (κ2) is 9.16. The summed E-state index contributed by atoms with van der Waals surface area (Å²) in [5.41, 5.74) is 6.94. The van der Waals surface area contributed by atoms with Crippen molar-refractivity contribution in [2.45, 2.75) is 26.3 Å². The molecule has 0 fully saturated rings. The summed E-state index contributed by atoms with van der Waals surface area (Å²) in [5.74, 6) is -0.0138. The number of carbonyl (C=O) groups excluding carboxylic acids is 2. The molecule has 0 saturated heterocycles. The molecule has 3 N–H and O–H groups in total. The molecule has 0 radical (unpaired) electrons. The van der Waals surface area contributed by atoms with E-state index in [1.807, 2.05) is 5.38 Å². The average molecular weight is 394 g/mol. The summed E-state index contributed by atoms with van der Waals surface area (Å²) >= 11 is 7.51. The molecule has 0 aliphatic rings. The predicted molar refractivity (Wildman–Crippen MR) is 108 cm³/mol. The van der Waals surface area contributed by atoms with Crippen LogP contribution in [0.25, 0.3) is 0 Å². The molecule has 140 valence electrons. The normalized spacial score (nSPS) is 12.1. The van der Waals surface area contributed by atoms with E-state index in [-0.39, 0.29) is 17.9 Å². The summed E-state index contributed by atoms with van der Waals surface area (Å²) in [7, 11) is 1.74. The number of nitrogens with two attached hydrogens (primary N) is 1. The number of hydrogen-bond donors (Lipinski definition) is 2. The molecule has 0 saturated carbocycles. The Kier molecular flexibility index (Phi) is 7.20. The molecule has 5 nitrogen and oxygen atoms in total. The van der Waals surface area contributed by atoms with Gasteiger partial charge in [-0.15, -0.1) is 11.3 Å². The Morgan fingerprint density at radius 2 is 2.04 bits per heavy atom. The fourth-order valence-electron chi connectivity index (χ4n) is 2.34. The monoisotopic (exact) mass is 393 g/mol. The summed E-state index contributed by atoms with van der Waals surface area (Å²) in [6, 6.07) is 8.47. The van der Waals surface area contributed by atoms with Gasteiger partial charge in [0.1, 0.15) is 0 Å². The lowest BCUT2D eigenvalue weighted by Gasteiger charge is -2.22. The van der Waals surface area contributed by atoms with Crippen molar-refractivity contribution in [3.8, 4) is 0 Å². The first-order valence-electron chi connectivity index (χ1n) is 8.45. The molecule has 1 atom stereocenters. The summed E-state index contributed by atoms with van der Waals surface area (Å²) in [6.07, 6.45) is 0.732. The number of benzene rings is 1.